The Morgan fingerprint density at radius 2 is 2.15 bits per heavy atom. The molecule has 6 nitrogen and oxygen atoms in total. The van der Waals surface area contributed by atoms with Gasteiger partial charge in [0.1, 0.15) is 16.4 Å². The second kappa shape index (κ2) is 7.46. The Morgan fingerprint density at radius 3 is 2.81 bits per heavy atom. The minimum Gasteiger partial charge on any atom is -0.345 e. The number of fused-ring (bicyclic) bond motifs is 1. The fourth-order valence-electron chi connectivity index (χ4n) is 2.80. The molecule has 0 fully saturated rings. The molecule has 1 aliphatic heterocycles. The average molecular weight is 524 g/mol. The van der Waals surface area contributed by atoms with Gasteiger partial charge in [0.2, 0.25) is 10.0 Å². The van der Waals surface area contributed by atoms with Crippen LogP contribution in [0.5, 0.6) is 0 Å². The summed E-state index contributed by atoms with van der Waals surface area (Å²) < 4.78 is 46.9. The molecular weight excluding hydrogens is 508 g/mol. The summed E-state index contributed by atoms with van der Waals surface area (Å²) in [7, 11) is -2.16. The van der Waals surface area contributed by atoms with Crippen LogP contribution in [0, 0.1) is 9.39 Å². The maximum Gasteiger partial charge on any atom is 0.272 e. The highest BCUT2D eigenvalue weighted by atomic mass is 127. The van der Waals surface area contributed by atoms with Crippen LogP contribution in [-0.2, 0) is 17.1 Å². The molecule has 0 aliphatic carbocycles. The Morgan fingerprint density at radius 1 is 1.44 bits per heavy atom. The van der Waals surface area contributed by atoms with Crippen molar-refractivity contribution >= 4 is 64.5 Å². The second-order valence-corrected chi connectivity index (χ2v) is 9.85. The smallest absolute Gasteiger partial charge is 0.272 e. The topological polar surface area (TPSA) is 80.2 Å². The first-order chi connectivity index (χ1) is 12.7. The molecule has 2 aromatic rings. The number of sulfonamides is 1. The van der Waals surface area contributed by atoms with Gasteiger partial charge in [-0.25, -0.2) is 17.5 Å². The summed E-state index contributed by atoms with van der Waals surface area (Å²) in [5, 5.41) is 2.66. The normalized spacial score (nSPS) is 18.0. The largest absolute Gasteiger partial charge is 0.345 e. The lowest BCUT2D eigenvalue weighted by Gasteiger charge is -2.11. The lowest BCUT2D eigenvalue weighted by Crippen LogP contribution is -2.30. The van der Waals surface area contributed by atoms with Crippen LogP contribution in [0.1, 0.15) is 23.0 Å². The molecule has 0 unspecified atom stereocenters. The van der Waals surface area contributed by atoms with Gasteiger partial charge in [-0.1, -0.05) is 49.0 Å². The zero-order chi connectivity index (χ0) is 19.9. The molecule has 1 aromatic carbocycles. The van der Waals surface area contributed by atoms with Crippen molar-refractivity contribution in [3.05, 3.63) is 50.1 Å². The number of halogens is 3. The van der Waals surface area contributed by atoms with Crippen molar-refractivity contribution in [1.82, 2.24) is 9.29 Å². The van der Waals surface area contributed by atoms with E-state index in [9.17, 15) is 17.6 Å². The van der Waals surface area contributed by atoms with Crippen LogP contribution in [0.4, 0.5) is 10.1 Å². The number of amides is 1. The van der Waals surface area contributed by atoms with Crippen LogP contribution in [0.25, 0.3) is 6.08 Å². The number of nitrogens with one attached hydrogen (secondary N) is 2. The van der Waals surface area contributed by atoms with Crippen LogP contribution in [0.3, 0.4) is 0 Å². The van der Waals surface area contributed by atoms with E-state index < -0.39 is 48.5 Å². The van der Waals surface area contributed by atoms with E-state index in [0.717, 1.165) is 0 Å². The van der Waals surface area contributed by atoms with Crippen LogP contribution < -0.4 is 10.0 Å². The molecule has 2 heterocycles. The molecular formula is C17H16ClFIN3O3S. The van der Waals surface area contributed by atoms with Crippen molar-refractivity contribution in [2.24, 2.45) is 7.05 Å². The quantitative estimate of drug-likeness (QED) is 0.478. The predicted octanol–water partition coefficient (Wildman–Crippen LogP) is 3.34. The number of carbonyl (C=O) groups excluding carboxylic acids is 1. The summed E-state index contributed by atoms with van der Waals surface area (Å²) in [5.41, 5.74) is 0.844. The zero-order valence-corrected chi connectivity index (χ0v) is 18.1. The SMILES string of the molecule is C=Ic1c(NC(=O)c2c3c(cn2C)S(=O)(=O)N[C@@H](C)C=C3)ccc(F)c1Cl. The summed E-state index contributed by atoms with van der Waals surface area (Å²) in [4.78, 5) is 12.9. The van der Waals surface area contributed by atoms with Gasteiger partial charge in [0, 0.05) is 24.8 Å². The number of rotatable bonds is 3. The highest BCUT2D eigenvalue weighted by Gasteiger charge is 2.29. The number of hydrogen-bond donors (Lipinski definition) is 2. The molecule has 0 spiro atoms. The lowest BCUT2D eigenvalue weighted by atomic mass is 10.2. The summed E-state index contributed by atoms with van der Waals surface area (Å²) >= 11 is 5.14. The summed E-state index contributed by atoms with van der Waals surface area (Å²) in [5.74, 6) is -1.09. The van der Waals surface area contributed by atoms with Crippen LogP contribution in [0.15, 0.2) is 29.3 Å². The van der Waals surface area contributed by atoms with E-state index in [4.69, 9.17) is 11.6 Å². The fraction of sp³-hybridized carbons (Fsp3) is 0.176. The molecule has 1 amide bonds. The average Bonchev–Trinajstić information content (AvgIpc) is 2.88. The third kappa shape index (κ3) is 3.73. The third-order valence-electron chi connectivity index (χ3n) is 4.00. The Kier molecular flexibility index (Phi) is 5.57. The number of carbonyl (C=O) groups is 1. The Bertz CT molecular complexity index is 1100. The van der Waals surface area contributed by atoms with Crippen molar-refractivity contribution in [3.8, 4) is 0 Å². The van der Waals surface area contributed by atoms with E-state index in [2.05, 4.69) is 14.6 Å². The number of nitrogens with zero attached hydrogens (tertiary/aromatic N) is 1. The van der Waals surface area contributed by atoms with Crippen molar-refractivity contribution in [2.45, 2.75) is 17.9 Å². The molecule has 0 bridgehead atoms. The number of benzene rings is 1. The van der Waals surface area contributed by atoms with Gasteiger partial charge in [-0.3, -0.25) is 4.79 Å². The van der Waals surface area contributed by atoms with E-state index in [-0.39, 0.29) is 15.6 Å². The molecule has 3 rings (SSSR count). The van der Waals surface area contributed by atoms with E-state index in [0.29, 0.717) is 14.8 Å². The fourth-order valence-corrected chi connectivity index (χ4v) is 6.06. The third-order valence-corrected chi connectivity index (χ3v) is 8.16. The summed E-state index contributed by atoms with van der Waals surface area (Å²) in [6.45, 7) is 1.70. The molecule has 1 atom stereocenters. The zero-order valence-electron chi connectivity index (χ0n) is 14.4. The van der Waals surface area contributed by atoms with Crippen molar-refractivity contribution in [2.75, 3.05) is 5.32 Å². The van der Waals surface area contributed by atoms with Gasteiger partial charge in [0.05, 0.1) is 14.3 Å². The molecule has 0 saturated carbocycles. The van der Waals surface area contributed by atoms with Crippen LogP contribution in [-0.4, -0.2) is 29.4 Å². The molecule has 144 valence electrons. The maximum atomic E-state index is 13.7. The Labute approximate surface area is 171 Å². The molecule has 0 saturated heterocycles. The van der Waals surface area contributed by atoms with Gasteiger partial charge in [-0.15, -0.1) is 0 Å². The number of hydrogen-bond acceptors (Lipinski definition) is 3. The van der Waals surface area contributed by atoms with E-state index in [1.807, 2.05) is 0 Å². The molecule has 2 N–H and O–H groups in total. The first-order valence-corrected chi connectivity index (χ1v) is 12.2. The molecule has 0 radical (unpaired) electrons. The standard InChI is InChI=1S/C17H16ClFIN3O3S/c1-9-4-5-10-13(27(25,26)22-9)8-23(3)16(10)17(24)21-12-7-6-11(19)14(18)15(12)20-2/h4-9,22H,2H2,1,3H3,(H,21,24)/t9-/m0/s1. The van der Waals surface area contributed by atoms with Gasteiger partial charge in [0.25, 0.3) is 5.91 Å². The first kappa shape index (κ1) is 20.2. The Hall–Kier alpha value is -1.56. The van der Waals surface area contributed by atoms with Crippen LogP contribution >= 0.6 is 32.3 Å². The molecule has 1 aromatic heterocycles. The minimum atomic E-state index is -3.75. The molecule has 1 aliphatic rings. The maximum absolute atomic E-state index is 13.7. The van der Waals surface area contributed by atoms with Crippen molar-refractivity contribution in [3.63, 3.8) is 0 Å². The highest BCUT2D eigenvalue weighted by Crippen LogP contribution is 2.32. The Balaban J connectivity index is 2.08. The van der Waals surface area contributed by atoms with Gasteiger partial charge in [0.15, 0.2) is 0 Å². The highest BCUT2D eigenvalue weighted by molar-refractivity contribution is 14.2. The van der Waals surface area contributed by atoms with Gasteiger partial charge in [-0.2, -0.15) is 0 Å². The van der Waals surface area contributed by atoms with E-state index >= 15 is 0 Å². The lowest BCUT2D eigenvalue weighted by molar-refractivity contribution is 0.101. The van der Waals surface area contributed by atoms with Gasteiger partial charge < -0.3 is 9.88 Å². The monoisotopic (exact) mass is 523 g/mol. The van der Waals surface area contributed by atoms with E-state index in [1.54, 1.807) is 26.1 Å². The van der Waals surface area contributed by atoms with Gasteiger partial charge in [-0.05, 0) is 19.1 Å². The molecule has 10 heteroatoms. The van der Waals surface area contributed by atoms with Crippen molar-refractivity contribution < 1.29 is 17.6 Å². The van der Waals surface area contributed by atoms with Gasteiger partial charge >= 0.3 is 0 Å². The minimum absolute atomic E-state index is 0.0256. The summed E-state index contributed by atoms with van der Waals surface area (Å²) in [6.07, 6.45) is 4.67. The molecule has 27 heavy (non-hydrogen) atoms. The van der Waals surface area contributed by atoms with E-state index in [1.165, 1.54) is 22.9 Å². The van der Waals surface area contributed by atoms with Crippen LogP contribution in [0.2, 0.25) is 5.02 Å². The first-order valence-electron chi connectivity index (χ1n) is 7.73. The number of aromatic nitrogens is 1. The van der Waals surface area contributed by atoms with Crippen molar-refractivity contribution in [1.29, 1.82) is 0 Å². The summed E-state index contributed by atoms with van der Waals surface area (Å²) in [6, 6.07) is 2.20. The predicted molar refractivity (Wildman–Crippen MR) is 113 cm³/mol. The number of anilines is 1. The number of aryl methyl sites for hydroxylation is 1. The second-order valence-electron chi connectivity index (χ2n) is 5.95.